The van der Waals surface area contributed by atoms with E-state index < -0.39 is 52.5 Å². The van der Waals surface area contributed by atoms with Gasteiger partial charge in [0.25, 0.3) is 0 Å². The monoisotopic (exact) mass is 703 g/mol. The summed E-state index contributed by atoms with van der Waals surface area (Å²) in [5, 5.41) is 7.40. The first kappa shape index (κ1) is 38.9. The van der Waals surface area contributed by atoms with Gasteiger partial charge in [0.1, 0.15) is 11.2 Å². The SMILES string of the molecule is COc1ncc(-c2ccc(CN/C=C(/NC(=O)Nc3cc(N(C(=O)OC(C)(C)C)C(=O)OC(C)(C)C)cc(C(F)(F)F)c3)ON)cc2)c(C)n1. The minimum absolute atomic E-state index is 0.265. The Morgan fingerprint density at radius 1 is 0.940 bits per heavy atom. The van der Waals surface area contributed by atoms with Gasteiger partial charge in [0.15, 0.2) is 0 Å². The molecule has 3 aromatic rings. The Morgan fingerprint density at radius 2 is 1.54 bits per heavy atom. The Kier molecular flexibility index (Phi) is 12.2. The first-order valence-corrected chi connectivity index (χ1v) is 15.0. The number of alkyl halides is 3. The lowest BCUT2D eigenvalue weighted by Gasteiger charge is -2.29. The highest BCUT2D eigenvalue weighted by atomic mass is 19.4. The summed E-state index contributed by atoms with van der Waals surface area (Å²) >= 11 is 0. The molecule has 0 fully saturated rings. The molecule has 5 N–H and O–H groups in total. The van der Waals surface area contributed by atoms with Crippen LogP contribution in [0.2, 0.25) is 0 Å². The molecule has 0 saturated heterocycles. The minimum atomic E-state index is -4.94. The van der Waals surface area contributed by atoms with Gasteiger partial charge in [-0.25, -0.2) is 19.4 Å². The van der Waals surface area contributed by atoms with Gasteiger partial charge in [0, 0.05) is 24.0 Å². The Hall–Kier alpha value is -5.58. The number of methoxy groups -OCH3 is 1. The molecule has 4 amide bonds. The number of aryl methyl sites for hydroxylation is 1. The van der Waals surface area contributed by atoms with E-state index in [1.165, 1.54) is 54.9 Å². The third-order valence-corrected chi connectivity index (χ3v) is 6.22. The molecule has 0 unspecified atom stereocenters. The molecule has 0 atom stereocenters. The molecule has 0 aliphatic heterocycles. The second-order valence-corrected chi connectivity index (χ2v) is 12.7. The number of nitrogens with two attached hydrogens (primary N) is 1. The molecule has 0 aliphatic rings. The number of ether oxygens (including phenoxy) is 3. The predicted molar refractivity (Wildman–Crippen MR) is 177 cm³/mol. The summed E-state index contributed by atoms with van der Waals surface area (Å²) < 4.78 is 57.4. The van der Waals surface area contributed by atoms with E-state index in [0.29, 0.717) is 17.0 Å². The van der Waals surface area contributed by atoms with Gasteiger partial charge in [-0.15, -0.1) is 0 Å². The van der Waals surface area contributed by atoms with Gasteiger partial charge in [-0.2, -0.15) is 29.0 Å². The lowest BCUT2D eigenvalue weighted by atomic mass is 10.0. The number of urea groups is 1. The maximum atomic E-state index is 13.9. The van der Waals surface area contributed by atoms with E-state index >= 15 is 0 Å². The summed E-state index contributed by atoms with van der Waals surface area (Å²) in [7, 11) is 1.48. The molecule has 0 saturated carbocycles. The molecule has 270 valence electrons. The number of hydrogen-bond donors (Lipinski definition) is 4. The summed E-state index contributed by atoms with van der Waals surface area (Å²) in [5.41, 5.74) is -1.24. The largest absolute Gasteiger partial charge is 0.467 e. The normalized spacial score (nSPS) is 12.0. The van der Waals surface area contributed by atoms with E-state index in [-0.39, 0.29) is 18.4 Å². The third-order valence-electron chi connectivity index (χ3n) is 6.22. The van der Waals surface area contributed by atoms with Crippen molar-refractivity contribution in [2.45, 2.75) is 72.4 Å². The summed E-state index contributed by atoms with van der Waals surface area (Å²) in [4.78, 5) is 52.3. The van der Waals surface area contributed by atoms with Crippen LogP contribution in [-0.2, 0) is 27.0 Å². The third kappa shape index (κ3) is 11.5. The van der Waals surface area contributed by atoms with Crippen molar-refractivity contribution in [3.05, 3.63) is 77.6 Å². The number of hydrogen-bond acceptors (Lipinski definition) is 11. The van der Waals surface area contributed by atoms with Crippen LogP contribution in [0.15, 0.2) is 60.7 Å². The highest BCUT2D eigenvalue weighted by Gasteiger charge is 2.36. The molecule has 1 heterocycles. The number of nitrogens with zero attached hydrogens (tertiary/aromatic N) is 3. The number of halogens is 3. The molecule has 0 radical (unpaired) electrons. The molecular weight excluding hydrogens is 663 g/mol. The average molecular weight is 704 g/mol. The smallest absolute Gasteiger partial charge is 0.424 e. The van der Waals surface area contributed by atoms with E-state index in [1.807, 2.05) is 31.2 Å². The fraction of sp³-hybridized carbons (Fsp3) is 0.364. The van der Waals surface area contributed by atoms with Crippen LogP contribution in [0.3, 0.4) is 0 Å². The second-order valence-electron chi connectivity index (χ2n) is 12.7. The Morgan fingerprint density at radius 3 is 2.04 bits per heavy atom. The molecule has 1 aromatic heterocycles. The van der Waals surface area contributed by atoms with Crippen LogP contribution in [0.25, 0.3) is 11.1 Å². The Balaban J connectivity index is 1.78. The number of imide groups is 1. The minimum Gasteiger partial charge on any atom is -0.467 e. The van der Waals surface area contributed by atoms with Crippen LogP contribution in [0, 0.1) is 6.92 Å². The van der Waals surface area contributed by atoms with Crippen LogP contribution < -0.4 is 31.5 Å². The first-order valence-electron chi connectivity index (χ1n) is 15.0. The summed E-state index contributed by atoms with van der Waals surface area (Å²) in [6.45, 7) is 11.2. The van der Waals surface area contributed by atoms with E-state index in [1.54, 1.807) is 6.20 Å². The van der Waals surface area contributed by atoms with Gasteiger partial charge < -0.3 is 29.7 Å². The molecule has 50 heavy (non-hydrogen) atoms. The van der Waals surface area contributed by atoms with Gasteiger partial charge in [0.05, 0.1) is 30.3 Å². The van der Waals surface area contributed by atoms with Crippen molar-refractivity contribution < 1.29 is 46.6 Å². The first-order chi connectivity index (χ1) is 23.2. The molecule has 2 aromatic carbocycles. The van der Waals surface area contributed by atoms with Crippen LogP contribution in [0.1, 0.15) is 58.4 Å². The topological polar surface area (TPSA) is 179 Å². The molecule has 0 aliphatic carbocycles. The summed E-state index contributed by atoms with van der Waals surface area (Å²) in [6, 6.07) is 8.79. The standard InChI is InChI=1S/C33H40F3N7O7/c1-19-25(17-39-28(40-19)47-8)21-11-9-20(10-12-21)16-38-18-26(50-37)42-27(44)41-23-13-22(33(34,35)36)14-24(15-23)43(29(45)48-31(2,3)4)30(46)49-32(5,6)7/h9-15,17-18,38H,16,37H2,1-8H3,(H2,41,42,44)/b26-18-. The van der Waals surface area contributed by atoms with Crippen LogP contribution in [0.5, 0.6) is 6.01 Å². The van der Waals surface area contributed by atoms with Gasteiger partial charge in [0.2, 0.25) is 5.88 Å². The fourth-order valence-electron chi connectivity index (χ4n) is 4.14. The van der Waals surface area contributed by atoms with Crippen molar-refractivity contribution in [1.29, 1.82) is 0 Å². The molecule has 0 spiro atoms. The van der Waals surface area contributed by atoms with Crippen molar-refractivity contribution in [3.8, 4) is 17.1 Å². The van der Waals surface area contributed by atoms with Crippen molar-refractivity contribution >= 4 is 29.6 Å². The lowest BCUT2D eigenvalue weighted by molar-refractivity contribution is -0.137. The van der Waals surface area contributed by atoms with Crippen LogP contribution in [0.4, 0.5) is 38.9 Å². The zero-order chi connectivity index (χ0) is 37.4. The number of aromatic nitrogens is 2. The number of carbonyl (C=O) groups is 3. The fourth-order valence-corrected chi connectivity index (χ4v) is 4.14. The number of nitrogens with one attached hydrogen (secondary N) is 3. The number of rotatable bonds is 9. The number of benzene rings is 2. The van der Waals surface area contributed by atoms with Crippen LogP contribution >= 0.6 is 0 Å². The van der Waals surface area contributed by atoms with Crippen molar-refractivity contribution in [1.82, 2.24) is 20.6 Å². The number of anilines is 2. The van der Waals surface area contributed by atoms with Gasteiger partial charge >= 0.3 is 30.4 Å². The summed E-state index contributed by atoms with van der Waals surface area (Å²) in [5.74, 6) is 5.01. The molecular formula is C33H40F3N7O7. The molecule has 17 heteroatoms. The van der Waals surface area contributed by atoms with Gasteiger partial charge in [-0.05, 0) is 77.8 Å². The van der Waals surface area contributed by atoms with Gasteiger partial charge in [-0.3, -0.25) is 5.32 Å². The van der Waals surface area contributed by atoms with Crippen LogP contribution in [-0.4, -0.2) is 46.5 Å². The quantitative estimate of drug-likeness (QED) is 0.137. The van der Waals surface area contributed by atoms with E-state index in [9.17, 15) is 27.6 Å². The lowest BCUT2D eigenvalue weighted by Crippen LogP contribution is -2.44. The van der Waals surface area contributed by atoms with Crippen molar-refractivity contribution in [2.75, 3.05) is 17.3 Å². The molecule has 0 bridgehead atoms. The van der Waals surface area contributed by atoms with Crippen molar-refractivity contribution in [2.24, 2.45) is 5.90 Å². The second kappa shape index (κ2) is 15.8. The summed E-state index contributed by atoms with van der Waals surface area (Å²) in [6.07, 6.45) is -4.63. The maximum absolute atomic E-state index is 13.9. The average Bonchev–Trinajstić information content (AvgIpc) is 2.98. The highest BCUT2D eigenvalue weighted by molar-refractivity contribution is 6.10. The number of amides is 4. The Bertz CT molecular complexity index is 1690. The van der Waals surface area contributed by atoms with Gasteiger partial charge in [-0.1, -0.05) is 24.3 Å². The molecule has 3 rings (SSSR count). The van der Waals surface area contributed by atoms with E-state index in [4.69, 9.17) is 24.9 Å². The van der Waals surface area contributed by atoms with E-state index in [2.05, 4.69) is 25.9 Å². The maximum Gasteiger partial charge on any atom is 0.424 e. The zero-order valence-electron chi connectivity index (χ0n) is 28.8. The number of carbonyl (C=O) groups excluding carboxylic acids is 3. The Labute approximate surface area is 287 Å². The predicted octanol–water partition coefficient (Wildman–Crippen LogP) is 6.76. The zero-order valence-corrected chi connectivity index (χ0v) is 28.8. The molecule has 14 nitrogen and oxygen atoms in total. The highest BCUT2D eigenvalue weighted by Crippen LogP contribution is 2.35. The van der Waals surface area contributed by atoms with E-state index in [0.717, 1.165) is 28.5 Å². The van der Waals surface area contributed by atoms with Crippen molar-refractivity contribution in [3.63, 3.8) is 0 Å².